The summed E-state index contributed by atoms with van der Waals surface area (Å²) in [5, 5.41) is 9.79. The number of halogens is 1. The molecule has 98 valence electrons. The van der Waals surface area contributed by atoms with E-state index in [2.05, 4.69) is 20.2 Å². The van der Waals surface area contributed by atoms with Crippen LogP contribution in [-0.2, 0) is 0 Å². The molecule has 5 nitrogen and oxygen atoms in total. The first kappa shape index (κ1) is 12.5. The molecule has 0 fully saturated rings. The lowest BCUT2D eigenvalue weighted by Gasteiger charge is -2.06. The smallest absolute Gasteiger partial charge is 0.199 e. The van der Waals surface area contributed by atoms with Crippen LogP contribution in [0.4, 0.5) is 0 Å². The fraction of sp³-hybridized carbons (Fsp3) is 0.333. The van der Waals surface area contributed by atoms with Crippen LogP contribution in [-0.4, -0.2) is 24.6 Å². The molecule has 0 aliphatic carbocycles. The third-order valence-corrected chi connectivity index (χ3v) is 4.40. The summed E-state index contributed by atoms with van der Waals surface area (Å²) in [5.74, 6) is 0.781. The van der Waals surface area contributed by atoms with Crippen molar-refractivity contribution in [1.82, 2.24) is 24.6 Å². The molecule has 0 radical (unpaired) electrons. The van der Waals surface area contributed by atoms with E-state index >= 15 is 0 Å². The van der Waals surface area contributed by atoms with Crippen LogP contribution in [0, 0.1) is 27.7 Å². The van der Waals surface area contributed by atoms with Crippen molar-refractivity contribution in [3.8, 4) is 10.7 Å². The molecule has 19 heavy (non-hydrogen) atoms. The Labute approximate surface area is 119 Å². The maximum absolute atomic E-state index is 6.13. The number of hydrogen-bond acceptors (Lipinski definition) is 5. The molecule has 0 aliphatic rings. The van der Waals surface area contributed by atoms with E-state index in [1.807, 2.05) is 32.1 Å². The van der Waals surface area contributed by atoms with Gasteiger partial charge in [0.05, 0.1) is 21.3 Å². The van der Waals surface area contributed by atoms with Gasteiger partial charge in [-0.3, -0.25) is 4.40 Å². The van der Waals surface area contributed by atoms with Gasteiger partial charge >= 0.3 is 0 Å². The highest BCUT2D eigenvalue weighted by atomic mass is 35.5. The predicted octanol–water partition coefficient (Wildman–Crippen LogP) is 3.13. The largest absolute Gasteiger partial charge is 0.274 e. The fourth-order valence-corrected chi connectivity index (χ4v) is 3.21. The van der Waals surface area contributed by atoms with Gasteiger partial charge in [0.15, 0.2) is 16.6 Å². The molecular formula is C12H12ClN5S. The second kappa shape index (κ2) is 4.25. The Hall–Kier alpha value is -1.53. The maximum atomic E-state index is 6.13. The van der Waals surface area contributed by atoms with Gasteiger partial charge in [0, 0.05) is 5.69 Å². The van der Waals surface area contributed by atoms with Gasteiger partial charge in [-0.15, -0.1) is 21.5 Å². The first-order chi connectivity index (χ1) is 8.99. The number of hydrogen-bond donors (Lipinski definition) is 0. The molecule has 3 rings (SSSR count). The van der Waals surface area contributed by atoms with Crippen LogP contribution in [0.1, 0.15) is 22.1 Å². The van der Waals surface area contributed by atoms with E-state index in [4.69, 9.17) is 11.6 Å². The average molecular weight is 294 g/mol. The van der Waals surface area contributed by atoms with E-state index in [0.29, 0.717) is 10.8 Å². The van der Waals surface area contributed by atoms with Crippen LogP contribution in [0.2, 0.25) is 5.15 Å². The zero-order valence-corrected chi connectivity index (χ0v) is 12.6. The van der Waals surface area contributed by atoms with Crippen molar-refractivity contribution in [3.05, 3.63) is 27.2 Å². The van der Waals surface area contributed by atoms with Crippen molar-refractivity contribution in [1.29, 1.82) is 0 Å². The van der Waals surface area contributed by atoms with E-state index in [0.717, 1.165) is 32.8 Å². The number of aryl methyl sites for hydroxylation is 4. The number of fused-ring (bicyclic) bond motifs is 1. The van der Waals surface area contributed by atoms with Crippen LogP contribution >= 0.6 is 22.9 Å². The zero-order valence-electron chi connectivity index (χ0n) is 11.0. The molecule has 0 N–H and O–H groups in total. The molecule has 0 spiro atoms. The molecule has 7 heteroatoms. The van der Waals surface area contributed by atoms with Crippen molar-refractivity contribution in [2.24, 2.45) is 0 Å². The molecule has 0 unspecified atom stereocenters. The summed E-state index contributed by atoms with van der Waals surface area (Å²) in [6.07, 6.45) is 0. The molecule has 0 aliphatic heterocycles. The van der Waals surface area contributed by atoms with Gasteiger partial charge in [-0.1, -0.05) is 11.6 Å². The Morgan fingerprint density at radius 1 is 1.00 bits per heavy atom. The zero-order chi connectivity index (χ0) is 13.7. The predicted molar refractivity (Wildman–Crippen MR) is 75.8 cm³/mol. The lowest BCUT2D eigenvalue weighted by Crippen LogP contribution is -2.00. The van der Waals surface area contributed by atoms with Gasteiger partial charge in [-0.25, -0.2) is 9.97 Å². The van der Waals surface area contributed by atoms with E-state index in [1.54, 1.807) is 11.3 Å². The summed E-state index contributed by atoms with van der Waals surface area (Å²) in [4.78, 5) is 9.73. The highest BCUT2D eigenvalue weighted by molar-refractivity contribution is 7.15. The molecule has 3 heterocycles. The number of rotatable bonds is 1. The molecule has 0 saturated heterocycles. The van der Waals surface area contributed by atoms with Crippen LogP contribution in [0.25, 0.3) is 16.3 Å². The molecule has 0 saturated carbocycles. The van der Waals surface area contributed by atoms with Crippen molar-refractivity contribution in [3.63, 3.8) is 0 Å². The monoisotopic (exact) mass is 293 g/mol. The van der Waals surface area contributed by atoms with E-state index < -0.39 is 0 Å². The number of aromatic nitrogens is 5. The van der Waals surface area contributed by atoms with Crippen molar-refractivity contribution in [2.75, 3.05) is 0 Å². The summed E-state index contributed by atoms with van der Waals surface area (Å²) >= 11 is 7.74. The minimum absolute atomic E-state index is 0.376. The van der Waals surface area contributed by atoms with Crippen LogP contribution in [0.3, 0.4) is 0 Å². The third-order valence-electron chi connectivity index (χ3n) is 3.08. The molecule has 0 aromatic carbocycles. The molecule has 0 amide bonds. The Kier molecular flexibility index (Phi) is 2.79. The van der Waals surface area contributed by atoms with Crippen molar-refractivity contribution < 1.29 is 0 Å². The summed E-state index contributed by atoms with van der Waals surface area (Å²) in [5.41, 5.74) is 3.41. The molecule has 0 bridgehead atoms. The topological polar surface area (TPSA) is 56.0 Å². The molecule has 0 atom stereocenters. The van der Waals surface area contributed by atoms with Crippen LogP contribution in [0.5, 0.6) is 0 Å². The summed E-state index contributed by atoms with van der Waals surface area (Å²) < 4.78 is 1.95. The van der Waals surface area contributed by atoms with Gasteiger partial charge < -0.3 is 0 Å². The lowest BCUT2D eigenvalue weighted by atomic mass is 10.3. The fourth-order valence-electron chi connectivity index (χ4n) is 2.06. The SMILES string of the molecule is Cc1nc(C)c(-c2nnc3c(Cl)nc(C)c(C)n23)s1. The van der Waals surface area contributed by atoms with Gasteiger partial charge in [0.1, 0.15) is 0 Å². The van der Waals surface area contributed by atoms with E-state index in [9.17, 15) is 0 Å². The van der Waals surface area contributed by atoms with Gasteiger partial charge in [0.2, 0.25) is 0 Å². The van der Waals surface area contributed by atoms with Gasteiger partial charge in [-0.05, 0) is 27.7 Å². The summed E-state index contributed by atoms with van der Waals surface area (Å²) in [6, 6.07) is 0. The van der Waals surface area contributed by atoms with Crippen LogP contribution < -0.4 is 0 Å². The Morgan fingerprint density at radius 2 is 1.74 bits per heavy atom. The lowest BCUT2D eigenvalue weighted by molar-refractivity contribution is 1.000. The average Bonchev–Trinajstić information content (AvgIpc) is 2.90. The normalized spacial score (nSPS) is 11.4. The van der Waals surface area contributed by atoms with Crippen molar-refractivity contribution >= 4 is 28.6 Å². The van der Waals surface area contributed by atoms with Gasteiger partial charge in [-0.2, -0.15) is 0 Å². The molecule has 3 aromatic rings. The first-order valence-corrected chi connectivity index (χ1v) is 7.00. The summed E-state index contributed by atoms with van der Waals surface area (Å²) in [7, 11) is 0. The second-order valence-electron chi connectivity index (χ2n) is 4.40. The standard InChI is InChI=1S/C12H12ClN5S/c1-5-7(3)18-11(9-6(2)14-8(4)19-9)16-17-12(18)10(13)15-5/h1-4H3. The first-order valence-electron chi connectivity index (χ1n) is 5.81. The highest BCUT2D eigenvalue weighted by Crippen LogP contribution is 2.30. The number of nitrogens with zero attached hydrogens (tertiary/aromatic N) is 5. The Morgan fingerprint density at radius 3 is 2.37 bits per heavy atom. The Bertz CT molecular complexity index is 789. The molecular weight excluding hydrogens is 282 g/mol. The Balaban J connectivity index is 2.40. The van der Waals surface area contributed by atoms with Crippen molar-refractivity contribution in [2.45, 2.75) is 27.7 Å². The highest BCUT2D eigenvalue weighted by Gasteiger charge is 2.18. The third kappa shape index (κ3) is 1.82. The maximum Gasteiger partial charge on any atom is 0.199 e. The van der Waals surface area contributed by atoms with Gasteiger partial charge in [0.25, 0.3) is 0 Å². The van der Waals surface area contributed by atoms with E-state index in [-0.39, 0.29) is 0 Å². The molecule has 3 aromatic heterocycles. The quantitative estimate of drug-likeness (QED) is 0.691. The summed E-state index contributed by atoms with van der Waals surface area (Å²) in [6.45, 7) is 7.87. The van der Waals surface area contributed by atoms with E-state index in [1.165, 1.54) is 0 Å². The second-order valence-corrected chi connectivity index (χ2v) is 5.96. The minimum Gasteiger partial charge on any atom is -0.274 e. The number of thiazole rings is 1. The minimum atomic E-state index is 0.376. The van der Waals surface area contributed by atoms with Crippen LogP contribution in [0.15, 0.2) is 0 Å².